The third-order valence-corrected chi connectivity index (χ3v) is 1.66. The Balaban J connectivity index is 2.74. The van der Waals surface area contributed by atoms with Gasteiger partial charge in [0, 0.05) is 0 Å². The molecule has 0 radical (unpaired) electrons. The average molecular weight is 208 g/mol. The molecule has 0 saturated heterocycles. The molecule has 0 aromatic heterocycles. The summed E-state index contributed by atoms with van der Waals surface area (Å²) in [5.74, 6) is -2.12. The molecule has 0 saturated carbocycles. The summed E-state index contributed by atoms with van der Waals surface area (Å²) in [5.41, 5.74) is 0.507. The molecule has 15 heavy (non-hydrogen) atoms. The average Bonchev–Trinajstić information content (AvgIpc) is 2.25. The van der Waals surface area contributed by atoms with Crippen LogP contribution in [0.25, 0.3) is 6.08 Å². The van der Waals surface area contributed by atoms with Crippen LogP contribution in [-0.2, 0) is 14.3 Å². The highest BCUT2D eigenvalue weighted by Gasteiger charge is 2.08. The van der Waals surface area contributed by atoms with Crippen LogP contribution in [0.15, 0.2) is 30.3 Å². The minimum Gasteiger partial charge on any atom is -0.463 e. The van der Waals surface area contributed by atoms with Crippen LogP contribution in [0.3, 0.4) is 0 Å². The zero-order valence-electron chi connectivity index (χ0n) is 8.07. The minimum absolute atomic E-state index is 0.400. The topological polar surface area (TPSA) is 43.4 Å². The Kier molecular flexibility index (Phi) is 3.74. The Labute approximate surface area is 86.2 Å². The minimum atomic E-state index is -0.942. The summed E-state index contributed by atoms with van der Waals surface area (Å²) in [4.78, 5) is 21.7. The van der Waals surface area contributed by atoms with E-state index in [1.54, 1.807) is 6.07 Å². The first-order valence-electron chi connectivity index (χ1n) is 4.19. The molecule has 0 atom stereocenters. The summed E-state index contributed by atoms with van der Waals surface area (Å²) in [7, 11) is 1.12. The van der Waals surface area contributed by atoms with Gasteiger partial charge in [0.05, 0.1) is 7.11 Å². The zero-order chi connectivity index (χ0) is 11.3. The third kappa shape index (κ3) is 3.34. The smallest absolute Gasteiger partial charge is 0.378 e. The molecule has 0 amide bonds. The quantitative estimate of drug-likeness (QED) is 0.430. The van der Waals surface area contributed by atoms with Gasteiger partial charge in [-0.1, -0.05) is 18.2 Å². The van der Waals surface area contributed by atoms with Gasteiger partial charge in [-0.2, -0.15) is 0 Å². The van der Waals surface area contributed by atoms with Gasteiger partial charge in [-0.25, -0.2) is 9.18 Å². The monoisotopic (exact) mass is 208 g/mol. The number of hydrogen-bond acceptors (Lipinski definition) is 3. The summed E-state index contributed by atoms with van der Waals surface area (Å²) >= 11 is 0. The first kappa shape index (κ1) is 11.1. The predicted molar refractivity (Wildman–Crippen MR) is 52.5 cm³/mol. The molecule has 0 aliphatic carbocycles. The number of methoxy groups -OCH3 is 1. The van der Waals surface area contributed by atoms with Crippen molar-refractivity contribution in [3.8, 4) is 0 Å². The summed E-state index contributed by atoms with van der Waals surface area (Å²) in [6.07, 6.45) is 2.39. The maximum Gasteiger partial charge on any atom is 0.378 e. The van der Waals surface area contributed by atoms with Gasteiger partial charge in [0.25, 0.3) is 5.78 Å². The van der Waals surface area contributed by atoms with Crippen molar-refractivity contribution < 1.29 is 18.7 Å². The van der Waals surface area contributed by atoms with Gasteiger partial charge < -0.3 is 4.74 Å². The van der Waals surface area contributed by atoms with Gasteiger partial charge in [0.2, 0.25) is 0 Å². The number of carbonyl (C=O) groups excluding carboxylic acids is 2. The van der Waals surface area contributed by atoms with E-state index in [0.717, 1.165) is 13.2 Å². The first-order chi connectivity index (χ1) is 7.13. The summed E-state index contributed by atoms with van der Waals surface area (Å²) in [6.45, 7) is 0. The van der Waals surface area contributed by atoms with Crippen LogP contribution in [0.5, 0.6) is 0 Å². The molecule has 0 heterocycles. The van der Waals surface area contributed by atoms with Gasteiger partial charge in [-0.15, -0.1) is 0 Å². The Morgan fingerprint density at radius 3 is 2.73 bits per heavy atom. The number of ether oxygens (including phenoxy) is 1. The van der Waals surface area contributed by atoms with Crippen molar-refractivity contribution in [1.29, 1.82) is 0 Å². The molecule has 1 aromatic rings. The van der Waals surface area contributed by atoms with E-state index in [0.29, 0.717) is 5.56 Å². The van der Waals surface area contributed by atoms with Crippen molar-refractivity contribution in [1.82, 2.24) is 0 Å². The first-order valence-corrected chi connectivity index (χ1v) is 4.19. The van der Waals surface area contributed by atoms with Gasteiger partial charge in [-0.05, 0) is 23.8 Å². The predicted octanol–water partition coefficient (Wildman–Crippen LogP) is 1.58. The van der Waals surface area contributed by atoms with Gasteiger partial charge in [0.15, 0.2) is 0 Å². The third-order valence-electron chi connectivity index (χ3n) is 1.66. The lowest BCUT2D eigenvalue weighted by Gasteiger charge is -1.93. The molecule has 4 heteroatoms. The van der Waals surface area contributed by atoms with Crippen molar-refractivity contribution in [2.45, 2.75) is 0 Å². The zero-order valence-corrected chi connectivity index (χ0v) is 8.07. The van der Waals surface area contributed by atoms with E-state index in [9.17, 15) is 14.0 Å². The Morgan fingerprint density at radius 1 is 1.40 bits per heavy atom. The highest BCUT2D eigenvalue weighted by molar-refractivity contribution is 6.39. The summed E-state index contributed by atoms with van der Waals surface area (Å²) < 4.78 is 16.9. The van der Waals surface area contributed by atoms with Crippen LogP contribution >= 0.6 is 0 Å². The van der Waals surface area contributed by atoms with Gasteiger partial charge in [0.1, 0.15) is 5.82 Å². The SMILES string of the molecule is COC(=O)C(=O)/C=C/c1cccc(F)c1. The standard InChI is InChI=1S/C11H9FO3/c1-15-11(14)10(13)6-5-8-3-2-4-9(12)7-8/h2-7H,1H3/b6-5+. The van der Waals surface area contributed by atoms with E-state index < -0.39 is 17.6 Å². The fraction of sp³-hybridized carbons (Fsp3) is 0.0909. The molecule has 0 aliphatic rings. The normalized spacial score (nSPS) is 10.3. The highest BCUT2D eigenvalue weighted by Crippen LogP contribution is 2.05. The lowest BCUT2D eigenvalue weighted by molar-refractivity contribution is -0.149. The molecule has 3 nitrogen and oxygen atoms in total. The molecule has 0 aliphatic heterocycles. The van der Waals surface area contributed by atoms with Crippen molar-refractivity contribution in [2.75, 3.05) is 7.11 Å². The summed E-state index contributed by atoms with van der Waals surface area (Å²) in [6, 6.07) is 5.67. The van der Waals surface area contributed by atoms with Crippen LogP contribution in [0.1, 0.15) is 5.56 Å². The van der Waals surface area contributed by atoms with E-state index in [4.69, 9.17) is 0 Å². The molecular weight excluding hydrogens is 199 g/mol. The second kappa shape index (κ2) is 5.05. The number of esters is 1. The van der Waals surface area contributed by atoms with Crippen LogP contribution in [0.2, 0.25) is 0 Å². The molecule has 1 aromatic carbocycles. The highest BCUT2D eigenvalue weighted by atomic mass is 19.1. The van der Waals surface area contributed by atoms with Crippen molar-refractivity contribution in [2.24, 2.45) is 0 Å². The molecule has 0 fully saturated rings. The van der Waals surface area contributed by atoms with E-state index in [1.807, 2.05) is 0 Å². The summed E-state index contributed by atoms with van der Waals surface area (Å²) in [5, 5.41) is 0. The molecule has 0 spiro atoms. The van der Waals surface area contributed by atoms with Crippen LogP contribution in [0, 0.1) is 5.82 Å². The maximum absolute atomic E-state index is 12.7. The van der Waals surface area contributed by atoms with Crippen LogP contribution < -0.4 is 0 Å². The number of halogens is 1. The number of benzene rings is 1. The number of hydrogen-bond donors (Lipinski definition) is 0. The van der Waals surface area contributed by atoms with E-state index in [2.05, 4.69) is 4.74 Å². The maximum atomic E-state index is 12.7. The Bertz CT molecular complexity index is 410. The molecule has 0 N–H and O–H groups in total. The molecule has 0 unspecified atom stereocenters. The van der Waals surface area contributed by atoms with Gasteiger partial charge in [-0.3, -0.25) is 4.79 Å². The molecule has 0 bridgehead atoms. The molecule has 1 rings (SSSR count). The van der Waals surface area contributed by atoms with Gasteiger partial charge >= 0.3 is 5.97 Å². The van der Waals surface area contributed by atoms with E-state index in [1.165, 1.54) is 24.3 Å². The number of ketones is 1. The second-order valence-electron chi connectivity index (χ2n) is 2.74. The lowest BCUT2D eigenvalue weighted by Crippen LogP contribution is -2.12. The number of carbonyl (C=O) groups is 2. The van der Waals surface area contributed by atoms with Crippen molar-refractivity contribution in [3.63, 3.8) is 0 Å². The number of rotatable bonds is 3. The van der Waals surface area contributed by atoms with E-state index in [-0.39, 0.29) is 0 Å². The molecule has 78 valence electrons. The molecular formula is C11H9FO3. The Hall–Kier alpha value is -1.97. The van der Waals surface area contributed by atoms with E-state index >= 15 is 0 Å². The van der Waals surface area contributed by atoms with Crippen molar-refractivity contribution in [3.05, 3.63) is 41.7 Å². The van der Waals surface area contributed by atoms with Crippen LogP contribution in [0.4, 0.5) is 4.39 Å². The second-order valence-corrected chi connectivity index (χ2v) is 2.74. The lowest BCUT2D eigenvalue weighted by atomic mass is 10.2. The fourth-order valence-electron chi connectivity index (χ4n) is 0.951. The van der Waals surface area contributed by atoms with Crippen molar-refractivity contribution >= 4 is 17.8 Å². The van der Waals surface area contributed by atoms with Crippen LogP contribution in [-0.4, -0.2) is 18.9 Å². The Morgan fingerprint density at radius 2 is 2.13 bits per heavy atom. The largest absolute Gasteiger partial charge is 0.463 e. The fourth-order valence-corrected chi connectivity index (χ4v) is 0.951.